The van der Waals surface area contributed by atoms with E-state index in [1.54, 1.807) is 10.9 Å². The minimum atomic E-state index is -0.0695. The summed E-state index contributed by atoms with van der Waals surface area (Å²) in [5.41, 5.74) is 2.00. The van der Waals surface area contributed by atoms with Crippen molar-refractivity contribution in [2.75, 3.05) is 11.5 Å². The highest BCUT2D eigenvalue weighted by Crippen LogP contribution is 2.29. The third-order valence-corrected chi connectivity index (χ3v) is 5.14. The summed E-state index contributed by atoms with van der Waals surface area (Å²) in [6, 6.07) is 7.72. The molecule has 22 heavy (non-hydrogen) atoms. The maximum absolute atomic E-state index is 12.6. The van der Waals surface area contributed by atoms with Gasteiger partial charge in [0.2, 0.25) is 0 Å². The molecule has 1 amide bonds. The Morgan fingerprint density at radius 2 is 2.09 bits per heavy atom. The Morgan fingerprint density at radius 1 is 1.36 bits per heavy atom. The maximum atomic E-state index is 12.6. The Balaban J connectivity index is 1.87. The van der Waals surface area contributed by atoms with Gasteiger partial charge in [-0.3, -0.25) is 9.48 Å². The number of rotatable bonds is 3. The predicted octanol–water partition coefficient (Wildman–Crippen LogP) is 3.37. The van der Waals surface area contributed by atoms with Crippen LogP contribution >= 0.6 is 23.4 Å². The molecule has 1 aliphatic heterocycles. The molecule has 4 nitrogen and oxygen atoms in total. The number of aryl methyl sites for hydroxylation is 1. The number of benzene rings is 1. The third kappa shape index (κ3) is 3.31. The molecule has 2 aromatic rings. The number of hydrogen-bond acceptors (Lipinski definition) is 3. The molecule has 0 aliphatic carbocycles. The van der Waals surface area contributed by atoms with E-state index in [1.807, 2.05) is 43.1 Å². The van der Waals surface area contributed by atoms with Crippen LogP contribution in [0.3, 0.4) is 0 Å². The number of carbonyl (C=O) groups excluding carboxylic acids is 1. The van der Waals surface area contributed by atoms with E-state index in [1.165, 1.54) is 0 Å². The Bertz CT molecular complexity index is 680. The molecule has 0 radical (unpaired) electrons. The van der Waals surface area contributed by atoms with Crippen LogP contribution in [-0.4, -0.2) is 33.2 Å². The molecule has 0 saturated carbocycles. The molecule has 0 atom stereocenters. The van der Waals surface area contributed by atoms with E-state index in [4.69, 9.17) is 11.6 Å². The number of nitrogens with zero attached hydrogens (tertiary/aromatic N) is 2. The molecular weight excluding hydrogens is 318 g/mol. The van der Waals surface area contributed by atoms with Gasteiger partial charge in [0.1, 0.15) is 5.69 Å². The minimum absolute atomic E-state index is 0.0695. The van der Waals surface area contributed by atoms with E-state index in [2.05, 4.69) is 10.4 Å². The van der Waals surface area contributed by atoms with E-state index in [-0.39, 0.29) is 11.9 Å². The maximum Gasteiger partial charge on any atom is 0.255 e. The lowest BCUT2D eigenvalue weighted by Gasteiger charge is -2.22. The van der Waals surface area contributed by atoms with Gasteiger partial charge in [-0.2, -0.15) is 16.9 Å². The van der Waals surface area contributed by atoms with Crippen LogP contribution < -0.4 is 5.32 Å². The molecule has 0 bridgehead atoms. The molecule has 0 unspecified atom stereocenters. The first-order chi connectivity index (χ1) is 10.6. The van der Waals surface area contributed by atoms with Gasteiger partial charge in [-0.25, -0.2) is 0 Å². The van der Waals surface area contributed by atoms with Gasteiger partial charge in [-0.05, 0) is 30.4 Å². The highest BCUT2D eigenvalue weighted by molar-refractivity contribution is 7.99. The summed E-state index contributed by atoms with van der Waals surface area (Å²) >= 11 is 8.20. The average molecular weight is 336 g/mol. The van der Waals surface area contributed by atoms with Crippen LogP contribution in [0.15, 0.2) is 30.5 Å². The van der Waals surface area contributed by atoms with Crippen LogP contribution in [0.4, 0.5) is 0 Å². The van der Waals surface area contributed by atoms with Crippen molar-refractivity contribution in [1.29, 1.82) is 0 Å². The summed E-state index contributed by atoms with van der Waals surface area (Å²) in [5.74, 6) is 2.14. The zero-order valence-corrected chi connectivity index (χ0v) is 14.0. The molecule has 6 heteroatoms. The summed E-state index contributed by atoms with van der Waals surface area (Å²) in [6.45, 7) is 0. The molecule has 2 heterocycles. The Labute approximate surface area is 139 Å². The van der Waals surface area contributed by atoms with Gasteiger partial charge in [0.05, 0.1) is 10.6 Å². The van der Waals surface area contributed by atoms with Crippen LogP contribution in [-0.2, 0) is 7.05 Å². The van der Waals surface area contributed by atoms with Crippen molar-refractivity contribution in [3.05, 3.63) is 41.0 Å². The first-order valence-electron chi connectivity index (χ1n) is 7.32. The van der Waals surface area contributed by atoms with Gasteiger partial charge in [0, 0.05) is 24.8 Å². The van der Waals surface area contributed by atoms with Crippen molar-refractivity contribution in [2.24, 2.45) is 7.05 Å². The Hall–Kier alpha value is -1.46. The van der Waals surface area contributed by atoms with E-state index in [0.717, 1.165) is 29.9 Å². The van der Waals surface area contributed by atoms with Crippen LogP contribution in [0, 0.1) is 0 Å². The van der Waals surface area contributed by atoms with Gasteiger partial charge >= 0.3 is 0 Å². The van der Waals surface area contributed by atoms with Crippen LogP contribution in [0.5, 0.6) is 0 Å². The number of thioether (sulfide) groups is 1. The Kier molecular flexibility index (Phi) is 4.74. The quantitative estimate of drug-likeness (QED) is 0.935. The molecule has 1 fully saturated rings. The van der Waals surface area contributed by atoms with Crippen LogP contribution in [0.1, 0.15) is 23.2 Å². The lowest BCUT2D eigenvalue weighted by Crippen LogP contribution is -2.37. The minimum Gasteiger partial charge on any atom is -0.349 e. The standard InChI is InChI=1S/C16H18ClN3OS/c1-20-10-13(16(21)18-11-6-8-22-9-7-11)15(19-20)12-4-2-3-5-14(12)17/h2-5,10-11H,6-9H2,1H3,(H,18,21). The van der Waals surface area contributed by atoms with Gasteiger partial charge in [0.25, 0.3) is 5.91 Å². The van der Waals surface area contributed by atoms with Crippen molar-refractivity contribution in [1.82, 2.24) is 15.1 Å². The smallest absolute Gasteiger partial charge is 0.255 e. The van der Waals surface area contributed by atoms with Gasteiger partial charge in [-0.15, -0.1) is 0 Å². The normalized spacial score (nSPS) is 15.7. The summed E-state index contributed by atoms with van der Waals surface area (Å²) in [5, 5.41) is 8.15. The van der Waals surface area contributed by atoms with E-state index in [0.29, 0.717) is 16.3 Å². The number of nitrogens with one attached hydrogen (secondary N) is 1. The second-order valence-electron chi connectivity index (χ2n) is 5.41. The second kappa shape index (κ2) is 6.75. The summed E-state index contributed by atoms with van der Waals surface area (Å²) in [4.78, 5) is 12.6. The number of aromatic nitrogens is 2. The van der Waals surface area contributed by atoms with Crippen molar-refractivity contribution < 1.29 is 4.79 Å². The fraction of sp³-hybridized carbons (Fsp3) is 0.375. The van der Waals surface area contributed by atoms with Crippen molar-refractivity contribution >= 4 is 29.3 Å². The fourth-order valence-electron chi connectivity index (χ4n) is 2.61. The molecular formula is C16H18ClN3OS. The van der Waals surface area contributed by atoms with Gasteiger partial charge in [0.15, 0.2) is 0 Å². The topological polar surface area (TPSA) is 46.9 Å². The van der Waals surface area contributed by atoms with Crippen molar-refractivity contribution in [3.63, 3.8) is 0 Å². The predicted molar refractivity (Wildman–Crippen MR) is 91.5 cm³/mol. The van der Waals surface area contributed by atoms with Crippen molar-refractivity contribution in [3.8, 4) is 11.3 Å². The van der Waals surface area contributed by atoms with E-state index < -0.39 is 0 Å². The molecule has 1 aromatic carbocycles. The SMILES string of the molecule is Cn1cc(C(=O)NC2CCSCC2)c(-c2ccccc2Cl)n1. The van der Waals surface area contributed by atoms with Crippen LogP contribution in [0.25, 0.3) is 11.3 Å². The summed E-state index contributed by atoms with van der Waals surface area (Å²) in [6.07, 6.45) is 3.81. The van der Waals surface area contributed by atoms with Crippen LogP contribution in [0.2, 0.25) is 5.02 Å². The lowest BCUT2D eigenvalue weighted by molar-refractivity contribution is 0.0935. The highest BCUT2D eigenvalue weighted by Gasteiger charge is 2.22. The molecule has 3 rings (SSSR count). The molecule has 1 N–H and O–H groups in total. The first-order valence-corrected chi connectivity index (χ1v) is 8.85. The largest absolute Gasteiger partial charge is 0.349 e. The second-order valence-corrected chi connectivity index (χ2v) is 7.04. The zero-order valence-electron chi connectivity index (χ0n) is 12.4. The molecule has 1 aliphatic rings. The number of hydrogen-bond donors (Lipinski definition) is 1. The lowest BCUT2D eigenvalue weighted by atomic mass is 10.1. The third-order valence-electron chi connectivity index (χ3n) is 3.76. The number of amides is 1. The Morgan fingerprint density at radius 3 is 2.82 bits per heavy atom. The summed E-state index contributed by atoms with van der Waals surface area (Å²) in [7, 11) is 1.81. The van der Waals surface area contributed by atoms with E-state index in [9.17, 15) is 4.79 Å². The molecule has 1 aromatic heterocycles. The molecule has 0 spiro atoms. The van der Waals surface area contributed by atoms with Gasteiger partial charge in [-0.1, -0.05) is 29.8 Å². The first kappa shape index (κ1) is 15.4. The fourth-order valence-corrected chi connectivity index (χ4v) is 3.94. The summed E-state index contributed by atoms with van der Waals surface area (Å²) < 4.78 is 1.66. The van der Waals surface area contributed by atoms with Crippen molar-refractivity contribution in [2.45, 2.75) is 18.9 Å². The zero-order chi connectivity index (χ0) is 15.5. The monoisotopic (exact) mass is 335 g/mol. The van der Waals surface area contributed by atoms with Gasteiger partial charge < -0.3 is 5.32 Å². The van der Waals surface area contributed by atoms with E-state index >= 15 is 0 Å². The average Bonchev–Trinajstić information content (AvgIpc) is 2.90. The number of carbonyl (C=O) groups is 1. The number of halogens is 1. The molecule has 116 valence electrons. The molecule has 1 saturated heterocycles. The highest BCUT2D eigenvalue weighted by atomic mass is 35.5.